The summed E-state index contributed by atoms with van der Waals surface area (Å²) >= 11 is 0. The average Bonchev–Trinajstić information content (AvgIpc) is 3.00. The number of hydrogen-bond acceptors (Lipinski definition) is 5. The number of hydrogen-bond donors (Lipinski definition) is 2. The van der Waals surface area contributed by atoms with Crippen LogP contribution in [0.25, 0.3) is 0 Å². The molecule has 0 atom stereocenters. The lowest BCUT2D eigenvalue weighted by molar-refractivity contribution is 0.0944. The molecule has 0 fully saturated rings. The van der Waals surface area contributed by atoms with Crippen molar-refractivity contribution in [3.8, 4) is 0 Å². The molecule has 1 aromatic heterocycles. The smallest absolute Gasteiger partial charge is 0.287 e. The van der Waals surface area contributed by atoms with Gasteiger partial charge in [-0.05, 0) is 18.6 Å². The predicted octanol–water partition coefficient (Wildman–Crippen LogP) is 2.08. The Balaban J connectivity index is 2.11. The van der Waals surface area contributed by atoms with Crippen LogP contribution >= 0.6 is 0 Å². The maximum Gasteiger partial charge on any atom is 0.287 e. The summed E-state index contributed by atoms with van der Waals surface area (Å²) < 4.78 is 5.21. The second-order valence-corrected chi connectivity index (χ2v) is 4.76. The van der Waals surface area contributed by atoms with E-state index in [4.69, 9.17) is 10.4 Å². The number of nitrogens with two attached hydrogens (primary N) is 1. The minimum atomic E-state index is -0.454. The van der Waals surface area contributed by atoms with Crippen LogP contribution in [0.15, 0.2) is 40.9 Å². The number of amides is 1. The molecule has 6 heteroatoms. The van der Waals surface area contributed by atoms with Gasteiger partial charge in [0, 0.05) is 18.3 Å². The summed E-state index contributed by atoms with van der Waals surface area (Å²) in [6, 6.07) is 11.7. The first-order chi connectivity index (χ1) is 10.2. The van der Waals surface area contributed by atoms with Gasteiger partial charge in [-0.1, -0.05) is 36.7 Å². The van der Waals surface area contributed by atoms with Gasteiger partial charge < -0.3 is 9.42 Å². The fourth-order valence-corrected chi connectivity index (χ4v) is 2.04. The molecule has 1 heterocycles. The van der Waals surface area contributed by atoms with Gasteiger partial charge in [-0.3, -0.25) is 10.2 Å². The summed E-state index contributed by atoms with van der Waals surface area (Å²) in [5.41, 5.74) is 3.35. The van der Waals surface area contributed by atoms with E-state index < -0.39 is 5.91 Å². The van der Waals surface area contributed by atoms with Gasteiger partial charge in [-0.25, -0.2) is 5.84 Å². The zero-order valence-electron chi connectivity index (χ0n) is 12.1. The number of hydrazine groups is 1. The second-order valence-electron chi connectivity index (χ2n) is 4.76. The maximum atomic E-state index is 11.4. The summed E-state index contributed by atoms with van der Waals surface area (Å²) in [4.78, 5) is 13.6. The van der Waals surface area contributed by atoms with Crippen LogP contribution in [0, 0.1) is 0 Å². The molecule has 112 valence electrons. The van der Waals surface area contributed by atoms with E-state index in [1.165, 1.54) is 0 Å². The predicted molar refractivity (Wildman–Crippen MR) is 80.6 cm³/mol. The summed E-state index contributed by atoms with van der Waals surface area (Å²) in [7, 11) is 0. The Kier molecular flexibility index (Phi) is 5.34. The van der Waals surface area contributed by atoms with Crippen LogP contribution in [-0.2, 0) is 6.54 Å². The molecule has 0 aliphatic rings. The number of nitrogens with one attached hydrogen (secondary N) is 1. The van der Waals surface area contributed by atoms with Crippen molar-refractivity contribution in [3.05, 3.63) is 47.9 Å². The highest BCUT2D eigenvalue weighted by atomic mass is 16.5. The van der Waals surface area contributed by atoms with Gasteiger partial charge in [0.05, 0.1) is 6.54 Å². The second kappa shape index (κ2) is 7.44. The Morgan fingerprint density at radius 1 is 1.38 bits per heavy atom. The number of rotatable bonds is 7. The van der Waals surface area contributed by atoms with Gasteiger partial charge in [0.15, 0.2) is 11.5 Å². The molecule has 0 bridgehead atoms. The van der Waals surface area contributed by atoms with Crippen LogP contribution in [0.2, 0.25) is 0 Å². The molecule has 6 nitrogen and oxygen atoms in total. The van der Waals surface area contributed by atoms with Crippen LogP contribution in [0.3, 0.4) is 0 Å². The molecular weight excluding hydrogens is 268 g/mol. The lowest BCUT2D eigenvalue weighted by Crippen LogP contribution is -2.30. The van der Waals surface area contributed by atoms with Crippen molar-refractivity contribution < 1.29 is 9.32 Å². The van der Waals surface area contributed by atoms with Crippen molar-refractivity contribution in [2.24, 2.45) is 5.84 Å². The quantitative estimate of drug-likeness (QED) is 0.463. The number of aromatic nitrogens is 1. The van der Waals surface area contributed by atoms with Gasteiger partial charge in [0.2, 0.25) is 0 Å². The highest BCUT2D eigenvalue weighted by Crippen LogP contribution is 2.18. The number of anilines is 1. The summed E-state index contributed by atoms with van der Waals surface area (Å²) in [5, 5.41) is 3.72. The first kappa shape index (κ1) is 15.1. The first-order valence-electron chi connectivity index (χ1n) is 7.01. The van der Waals surface area contributed by atoms with E-state index >= 15 is 0 Å². The van der Waals surface area contributed by atoms with E-state index in [9.17, 15) is 4.79 Å². The molecule has 2 rings (SSSR count). The third kappa shape index (κ3) is 4.06. The molecule has 1 aromatic carbocycles. The van der Waals surface area contributed by atoms with Gasteiger partial charge >= 0.3 is 0 Å². The largest absolute Gasteiger partial charge is 0.364 e. The van der Waals surface area contributed by atoms with E-state index in [0.29, 0.717) is 12.3 Å². The fourth-order valence-electron chi connectivity index (χ4n) is 2.04. The fraction of sp³-hybridized carbons (Fsp3) is 0.333. The number of nitrogens with zero attached hydrogens (tertiary/aromatic N) is 2. The minimum Gasteiger partial charge on any atom is -0.364 e. The Bertz CT molecular complexity index is 568. The van der Waals surface area contributed by atoms with Crippen molar-refractivity contribution in [3.63, 3.8) is 0 Å². The molecule has 21 heavy (non-hydrogen) atoms. The third-order valence-electron chi connectivity index (χ3n) is 3.17. The normalized spacial score (nSPS) is 10.4. The minimum absolute atomic E-state index is 0.191. The molecule has 1 amide bonds. The summed E-state index contributed by atoms with van der Waals surface area (Å²) in [5.74, 6) is 5.26. The molecule has 0 saturated carbocycles. The molecule has 0 unspecified atom stereocenters. The lowest BCUT2D eigenvalue weighted by Gasteiger charge is -2.23. The maximum absolute atomic E-state index is 11.4. The molecule has 2 aromatic rings. The van der Waals surface area contributed by atoms with E-state index in [2.05, 4.69) is 29.1 Å². The van der Waals surface area contributed by atoms with E-state index in [1.807, 2.05) is 23.6 Å². The highest BCUT2D eigenvalue weighted by Gasteiger charge is 2.14. The van der Waals surface area contributed by atoms with Gasteiger partial charge in [-0.15, -0.1) is 0 Å². The Morgan fingerprint density at radius 3 is 2.81 bits per heavy atom. The SMILES string of the molecule is CCCCN(Cc1cc(C(=O)NN)no1)c1ccccc1. The highest BCUT2D eigenvalue weighted by molar-refractivity contribution is 5.91. The van der Waals surface area contributed by atoms with Gasteiger partial charge in [-0.2, -0.15) is 0 Å². The number of nitrogen functional groups attached to an aromatic ring is 1. The number of carbonyl (C=O) groups is 1. The zero-order chi connectivity index (χ0) is 15.1. The van der Waals surface area contributed by atoms with Gasteiger partial charge in [0.25, 0.3) is 5.91 Å². The van der Waals surface area contributed by atoms with Crippen LogP contribution in [0.1, 0.15) is 36.0 Å². The van der Waals surface area contributed by atoms with E-state index in [1.54, 1.807) is 6.07 Å². The molecule has 0 saturated heterocycles. The van der Waals surface area contributed by atoms with E-state index in [0.717, 1.165) is 25.1 Å². The molecule has 0 aliphatic carbocycles. The first-order valence-corrected chi connectivity index (χ1v) is 7.01. The number of carbonyl (C=O) groups excluding carboxylic acids is 1. The molecular formula is C15H20N4O2. The molecule has 0 aliphatic heterocycles. The Hall–Kier alpha value is -2.34. The monoisotopic (exact) mass is 288 g/mol. The van der Waals surface area contributed by atoms with Crippen LogP contribution < -0.4 is 16.2 Å². The van der Waals surface area contributed by atoms with Crippen molar-refractivity contribution in [1.82, 2.24) is 10.6 Å². The van der Waals surface area contributed by atoms with Crippen molar-refractivity contribution in [2.75, 3.05) is 11.4 Å². The Morgan fingerprint density at radius 2 is 2.14 bits per heavy atom. The van der Waals surface area contributed by atoms with Crippen molar-refractivity contribution >= 4 is 11.6 Å². The molecule has 0 spiro atoms. The average molecular weight is 288 g/mol. The summed E-state index contributed by atoms with van der Waals surface area (Å²) in [6.07, 6.45) is 2.19. The number of unbranched alkanes of at least 4 members (excludes halogenated alkanes) is 1. The topological polar surface area (TPSA) is 84.4 Å². The zero-order valence-corrected chi connectivity index (χ0v) is 12.1. The Labute approximate surface area is 123 Å². The van der Waals surface area contributed by atoms with Crippen LogP contribution in [0.4, 0.5) is 5.69 Å². The third-order valence-corrected chi connectivity index (χ3v) is 3.17. The van der Waals surface area contributed by atoms with Crippen molar-refractivity contribution in [2.45, 2.75) is 26.3 Å². The van der Waals surface area contributed by atoms with E-state index in [-0.39, 0.29) is 5.69 Å². The number of benzene rings is 1. The standard InChI is InChI=1S/C15H20N4O2/c1-2-3-9-19(12-7-5-4-6-8-12)11-13-10-14(18-21-13)15(20)17-16/h4-8,10H,2-3,9,11,16H2,1H3,(H,17,20). The van der Waals surface area contributed by atoms with Crippen LogP contribution in [0.5, 0.6) is 0 Å². The van der Waals surface area contributed by atoms with Crippen molar-refractivity contribution in [1.29, 1.82) is 0 Å². The lowest BCUT2D eigenvalue weighted by atomic mass is 10.2. The summed E-state index contributed by atoms with van der Waals surface area (Å²) in [6.45, 7) is 3.63. The molecule has 0 radical (unpaired) electrons. The number of para-hydroxylation sites is 1. The van der Waals surface area contributed by atoms with Gasteiger partial charge in [0.1, 0.15) is 0 Å². The molecule has 3 N–H and O–H groups in total. The van der Waals surface area contributed by atoms with Crippen LogP contribution in [-0.4, -0.2) is 17.6 Å².